The van der Waals surface area contributed by atoms with Crippen LogP contribution in [0.4, 0.5) is 0 Å². The summed E-state index contributed by atoms with van der Waals surface area (Å²) in [7, 11) is -0.899. The summed E-state index contributed by atoms with van der Waals surface area (Å²) in [6, 6.07) is 3.30. The molecule has 0 saturated heterocycles. The second kappa shape index (κ2) is 5.60. The topological polar surface area (TPSA) is 59.1 Å². The van der Waals surface area contributed by atoms with Crippen LogP contribution >= 0.6 is 0 Å². The molecule has 15 heavy (non-hydrogen) atoms. The molecule has 1 heterocycles. The third-order valence-electron chi connectivity index (χ3n) is 1.79. The molecule has 2 atom stereocenters. The van der Waals surface area contributed by atoms with Gasteiger partial charge in [-0.25, -0.2) is 0 Å². The molecule has 1 aromatic rings. The normalized spacial score (nSPS) is 14.3. The number of amides is 1. The standard InChI is InChI=1S/C10H14N2O2S/c1-8(7-15(2)14)12-10(13)9-4-3-5-11-6-9/h3-6,8H,7H2,1-2H3,(H,12,13). The summed E-state index contributed by atoms with van der Waals surface area (Å²) in [5.41, 5.74) is 0.520. The summed E-state index contributed by atoms with van der Waals surface area (Å²) in [5, 5.41) is 2.76. The zero-order valence-electron chi connectivity index (χ0n) is 8.77. The van der Waals surface area contributed by atoms with Gasteiger partial charge in [0.2, 0.25) is 0 Å². The summed E-state index contributed by atoms with van der Waals surface area (Å²) in [5.74, 6) is 0.285. The van der Waals surface area contributed by atoms with Gasteiger partial charge in [0.05, 0.1) is 5.56 Å². The van der Waals surface area contributed by atoms with Gasteiger partial charge in [0.25, 0.3) is 5.91 Å². The minimum Gasteiger partial charge on any atom is -0.349 e. The Labute approximate surface area is 91.6 Å². The summed E-state index contributed by atoms with van der Waals surface area (Å²) in [4.78, 5) is 15.4. The quantitative estimate of drug-likeness (QED) is 0.817. The molecule has 82 valence electrons. The predicted molar refractivity (Wildman–Crippen MR) is 60.1 cm³/mol. The zero-order chi connectivity index (χ0) is 11.3. The third kappa shape index (κ3) is 4.20. The Morgan fingerprint density at radius 3 is 2.93 bits per heavy atom. The molecule has 0 aliphatic carbocycles. The lowest BCUT2D eigenvalue weighted by Gasteiger charge is -2.11. The van der Waals surface area contributed by atoms with E-state index in [4.69, 9.17) is 0 Å². The van der Waals surface area contributed by atoms with Gasteiger partial charge in [0.15, 0.2) is 0 Å². The van der Waals surface area contributed by atoms with Crippen molar-refractivity contribution in [3.63, 3.8) is 0 Å². The smallest absolute Gasteiger partial charge is 0.253 e. The van der Waals surface area contributed by atoms with E-state index in [-0.39, 0.29) is 11.9 Å². The number of carbonyl (C=O) groups excluding carboxylic acids is 1. The Balaban J connectivity index is 2.53. The number of pyridine rings is 1. The first-order valence-electron chi connectivity index (χ1n) is 4.60. The molecule has 0 radical (unpaired) electrons. The van der Waals surface area contributed by atoms with Gasteiger partial charge in [-0.1, -0.05) is 0 Å². The molecule has 0 bridgehead atoms. The monoisotopic (exact) mass is 226 g/mol. The van der Waals surface area contributed by atoms with Crippen LogP contribution in [0.5, 0.6) is 0 Å². The van der Waals surface area contributed by atoms with Crippen molar-refractivity contribution in [2.24, 2.45) is 0 Å². The number of rotatable bonds is 4. The van der Waals surface area contributed by atoms with Gasteiger partial charge in [-0.05, 0) is 19.1 Å². The molecule has 0 fully saturated rings. The Bertz CT molecular complexity index is 354. The lowest BCUT2D eigenvalue weighted by Crippen LogP contribution is -2.36. The van der Waals surface area contributed by atoms with Crippen LogP contribution in [-0.2, 0) is 10.8 Å². The van der Waals surface area contributed by atoms with Crippen molar-refractivity contribution in [3.8, 4) is 0 Å². The van der Waals surface area contributed by atoms with Gasteiger partial charge < -0.3 is 5.32 Å². The van der Waals surface area contributed by atoms with Crippen molar-refractivity contribution in [1.82, 2.24) is 10.3 Å². The molecule has 0 spiro atoms. The summed E-state index contributed by atoms with van der Waals surface area (Å²) in [6.07, 6.45) is 4.74. The Morgan fingerprint density at radius 2 is 2.40 bits per heavy atom. The average Bonchev–Trinajstić information content (AvgIpc) is 2.17. The maximum absolute atomic E-state index is 11.6. The van der Waals surface area contributed by atoms with Gasteiger partial charge in [-0.3, -0.25) is 14.0 Å². The van der Waals surface area contributed by atoms with Crippen LogP contribution in [0.15, 0.2) is 24.5 Å². The van der Waals surface area contributed by atoms with Crippen LogP contribution in [0.1, 0.15) is 17.3 Å². The van der Waals surface area contributed by atoms with E-state index in [9.17, 15) is 9.00 Å². The minimum atomic E-state index is -0.899. The molecule has 1 rings (SSSR count). The molecule has 0 saturated carbocycles. The summed E-state index contributed by atoms with van der Waals surface area (Å²) in [6.45, 7) is 1.83. The van der Waals surface area contributed by atoms with Gasteiger partial charge >= 0.3 is 0 Å². The number of carbonyl (C=O) groups is 1. The molecule has 4 nitrogen and oxygen atoms in total. The lowest BCUT2D eigenvalue weighted by atomic mass is 10.2. The highest BCUT2D eigenvalue weighted by atomic mass is 32.2. The van der Waals surface area contributed by atoms with E-state index >= 15 is 0 Å². The summed E-state index contributed by atoms with van der Waals surface area (Å²) >= 11 is 0. The van der Waals surface area contributed by atoms with Gasteiger partial charge in [0.1, 0.15) is 0 Å². The third-order valence-corrected chi connectivity index (χ3v) is 2.76. The Kier molecular flexibility index (Phi) is 4.42. The molecule has 1 aromatic heterocycles. The van der Waals surface area contributed by atoms with E-state index in [2.05, 4.69) is 10.3 Å². The first-order chi connectivity index (χ1) is 7.09. The van der Waals surface area contributed by atoms with E-state index in [0.29, 0.717) is 11.3 Å². The second-order valence-electron chi connectivity index (χ2n) is 3.36. The highest BCUT2D eigenvalue weighted by molar-refractivity contribution is 7.84. The van der Waals surface area contributed by atoms with E-state index in [1.54, 1.807) is 24.6 Å². The van der Waals surface area contributed by atoms with Crippen LogP contribution in [0.2, 0.25) is 0 Å². The van der Waals surface area contributed by atoms with E-state index < -0.39 is 10.8 Å². The SMILES string of the molecule is CC(CS(C)=O)NC(=O)c1cccnc1. The fourth-order valence-electron chi connectivity index (χ4n) is 1.20. The molecule has 5 heteroatoms. The maximum Gasteiger partial charge on any atom is 0.253 e. The first-order valence-corrected chi connectivity index (χ1v) is 6.33. The fraction of sp³-hybridized carbons (Fsp3) is 0.400. The van der Waals surface area contributed by atoms with Crippen molar-refractivity contribution in [1.29, 1.82) is 0 Å². The van der Waals surface area contributed by atoms with Crippen molar-refractivity contribution < 1.29 is 9.00 Å². The van der Waals surface area contributed by atoms with Crippen LogP contribution in [0.3, 0.4) is 0 Å². The number of hydrogen-bond acceptors (Lipinski definition) is 3. The van der Waals surface area contributed by atoms with Crippen LogP contribution in [0.25, 0.3) is 0 Å². The lowest BCUT2D eigenvalue weighted by molar-refractivity contribution is 0.0943. The summed E-state index contributed by atoms with van der Waals surface area (Å²) < 4.78 is 10.9. The number of hydrogen-bond donors (Lipinski definition) is 1. The zero-order valence-corrected chi connectivity index (χ0v) is 9.58. The maximum atomic E-state index is 11.6. The Morgan fingerprint density at radius 1 is 1.67 bits per heavy atom. The average molecular weight is 226 g/mol. The number of nitrogens with one attached hydrogen (secondary N) is 1. The number of nitrogens with zero attached hydrogens (tertiary/aromatic N) is 1. The highest BCUT2D eigenvalue weighted by Crippen LogP contribution is 1.96. The molecule has 1 amide bonds. The van der Waals surface area contributed by atoms with Crippen molar-refractivity contribution in [2.75, 3.05) is 12.0 Å². The van der Waals surface area contributed by atoms with Gasteiger partial charge in [-0.2, -0.15) is 0 Å². The van der Waals surface area contributed by atoms with E-state index in [0.717, 1.165) is 0 Å². The Hall–Kier alpha value is -1.23. The molecule has 2 unspecified atom stereocenters. The molecular weight excluding hydrogens is 212 g/mol. The van der Waals surface area contributed by atoms with Gasteiger partial charge in [-0.15, -0.1) is 0 Å². The molecule has 0 aromatic carbocycles. The number of aromatic nitrogens is 1. The van der Waals surface area contributed by atoms with E-state index in [1.165, 1.54) is 6.20 Å². The van der Waals surface area contributed by atoms with Crippen molar-refractivity contribution >= 4 is 16.7 Å². The van der Waals surface area contributed by atoms with Crippen molar-refractivity contribution in [3.05, 3.63) is 30.1 Å². The molecule has 0 aliphatic heterocycles. The minimum absolute atomic E-state index is 0.0939. The first kappa shape index (κ1) is 11.8. The van der Waals surface area contributed by atoms with Crippen LogP contribution in [-0.4, -0.2) is 33.2 Å². The largest absolute Gasteiger partial charge is 0.349 e. The van der Waals surface area contributed by atoms with Crippen molar-refractivity contribution in [2.45, 2.75) is 13.0 Å². The van der Waals surface area contributed by atoms with Crippen LogP contribution in [0, 0.1) is 0 Å². The predicted octanol–water partition coefficient (Wildman–Crippen LogP) is 0.578. The second-order valence-corrected chi connectivity index (χ2v) is 4.84. The van der Waals surface area contributed by atoms with Gasteiger partial charge in [0, 0.05) is 41.2 Å². The molecular formula is C10H14N2O2S. The molecule has 0 aliphatic rings. The van der Waals surface area contributed by atoms with E-state index in [1.807, 2.05) is 6.92 Å². The fourth-order valence-corrected chi connectivity index (χ4v) is 1.99. The molecule has 1 N–H and O–H groups in total. The van der Waals surface area contributed by atoms with Crippen LogP contribution < -0.4 is 5.32 Å². The highest BCUT2D eigenvalue weighted by Gasteiger charge is 2.10.